The van der Waals surface area contributed by atoms with Crippen LogP contribution in [0.3, 0.4) is 0 Å². The maximum absolute atomic E-state index is 14.4. The number of carboxylic acids is 1. The van der Waals surface area contributed by atoms with Gasteiger partial charge in [0.25, 0.3) is 5.91 Å². The second-order valence-electron chi connectivity index (χ2n) is 8.87. The summed E-state index contributed by atoms with van der Waals surface area (Å²) in [6, 6.07) is 4.97. The molecule has 1 aliphatic heterocycles. The molecule has 2 aromatic carbocycles. The molecule has 6 nitrogen and oxygen atoms in total. The molecule has 1 aromatic heterocycles. The Morgan fingerprint density at radius 3 is 2.39 bits per heavy atom. The van der Waals surface area contributed by atoms with Crippen molar-refractivity contribution in [2.24, 2.45) is 7.05 Å². The van der Waals surface area contributed by atoms with Crippen molar-refractivity contribution in [1.82, 2.24) is 14.5 Å². The zero-order valence-electron chi connectivity index (χ0n) is 19.2. The third kappa shape index (κ3) is 4.64. The molecule has 0 bridgehead atoms. The fourth-order valence-corrected chi connectivity index (χ4v) is 4.94. The summed E-state index contributed by atoms with van der Waals surface area (Å²) in [5, 5.41) is 9.34. The van der Waals surface area contributed by atoms with Gasteiger partial charge in [-0.1, -0.05) is 23.2 Å². The van der Waals surface area contributed by atoms with E-state index < -0.39 is 29.3 Å². The summed E-state index contributed by atoms with van der Waals surface area (Å²) in [5.74, 6) is -1.66. The van der Waals surface area contributed by atoms with Crippen LogP contribution in [0.25, 0.3) is 11.0 Å². The number of fused-ring (bicyclic) bond motifs is 1. The van der Waals surface area contributed by atoms with Crippen molar-refractivity contribution in [2.45, 2.75) is 38.0 Å². The number of hydrogen-bond acceptors (Lipinski definition) is 3. The van der Waals surface area contributed by atoms with Crippen LogP contribution >= 0.6 is 23.2 Å². The zero-order chi connectivity index (χ0) is 26.6. The second-order valence-corrected chi connectivity index (χ2v) is 9.66. The van der Waals surface area contributed by atoms with E-state index in [1.165, 1.54) is 21.6 Å². The van der Waals surface area contributed by atoms with Gasteiger partial charge in [-0.05, 0) is 42.3 Å². The molecule has 1 saturated heterocycles. The van der Waals surface area contributed by atoms with Crippen LogP contribution in [0.1, 0.15) is 45.7 Å². The number of carbonyl (C=O) groups excluding carboxylic acids is 1. The number of imidazole rings is 1. The predicted molar refractivity (Wildman–Crippen MR) is 126 cm³/mol. The number of piperidine rings is 1. The molecular weight excluding hydrogens is 525 g/mol. The third-order valence-electron chi connectivity index (χ3n) is 6.57. The zero-order valence-corrected chi connectivity index (χ0v) is 20.7. The second kappa shape index (κ2) is 9.23. The summed E-state index contributed by atoms with van der Waals surface area (Å²) < 4.78 is 55.8. The van der Waals surface area contributed by atoms with Crippen LogP contribution in [0.2, 0.25) is 10.0 Å². The van der Waals surface area contributed by atoms with Crippen molar-refractivity contribution in [3.05, 3.63) is 62.4 Å². The van der Waals surface area contributed by atoms with Gasteiger partial charge >= 0.3 is 12.1 Å². The van der Waals surface area contributed by atoms with Crippen LogP contribution in [-0.4, -0.2) is 50.2 Å². The maximum Gasteiger partial charge on any atom is 0.416 e. The number of alkyl halides is 4. The van der Waals surface area contributed by atoms with Crippen LogP contribution in [0.4, 0.5) is 17.6 Å². The highest BCUT2D eigenvalue weighted by Crippen LogP contribution is 2.36. The topological polar surface area (TPSA) is 75.4 Å². The Balaban J connectivity index is 1.66. The molecule has 192 valence electrons. The summed E-state index contributed by atoms with van der Waals surface area (Å²) in [6.45, 7) is 1.35. The van der Waals surface area contributed by atoms with Crippen molar-refractivity contribution < 1.29 is 32.3 Å². The monoisotopic (exact) mass is 545 g/mol. The van der Waals surface area contributed by atoms with Crippen LogP contribution in [0, 0.1) is 6.92 Å². The largest absolute Gasteiger partial charge is 0.479 e. The SMILES string of the molecule is Cc1cc(C(F)(F)F)cc2c1nc(Cc1c(Cl)ccc(C(=O)N3CCC(F)(C(=O)O)CC3)c1Cl)n2C. The van der Waals surface area contributed by atoms with Gasteiger partial charge in [-0.2, -0.15) is 13.2 Å². The number of halogens is 6. The molecule has 4 rings (SSSR count). The third-order valence-corrected chi connectivity index (χ3v) is 7.36. The fraction of sp³-hybridized carbons (Fsp3) is 0.375. The highest BCUT2D eigenvalue weighted by atomic mass is 35.5. The number of nitrogens with zero attached hydrogens (tertiary/aromatic N) is 3. The highest BCUT2D eigenvalue weighted by Gasteiger charge is 2.43. The molecule has 0 saturated carbocycles. The number of rotatable bonds is 4. The molecule has 0 spiro atoms. The van der Waals surface area contributed by atoms with Gasteiger partial charge in [-0.25, -0.2) is 14.2 Å². The van der Waals surface area contributed by atoms with Gasteiger partial charge in [0, 0.05) is 44.4 Å². The maximum atomic E-state index is 14.4. The number of aliphatic carboxylic acids is 1. The Hall–Kier alpha value is -2.85. The van der Waals surface area contributed by atoms with Gasteiger partial charge in [0.2, 0.25) is 5.67 Å². The molecule has 1 N–H and O–H groups in total. The van der Waals surface area contributed by atoms with Crippen molar-refractivity contribution in [2.75, 3.05) is 13.1 Å². The van der Waals surface area contributed by atoms with Crippen molar-refractivity contribution in [3.8, 4) is 0 Å². The lowest BCUT2D eigenvalue weighted by atomic mass is 9.93. The van der Waals surface area contributed by atoms with Crippen molar-refractivity contribution in [3.63, 3.8) is 0 Å². The first-order valence-corrected chi connectivity index (χ1v) is 11.7. The van der Waals surface area contributed by atoms with E-state index in [0.29, 0.717) is 28.0 Å². The average Bonchev–Trinajstić information content (AvgIpc) is 3.12. The fourth-order valence-electron chi connectivity index (χ4n) is 4.36. The first kappa shape index (κ1) is 26.2. The highest BCUT2D eigenvalue weighted by molar-refractivity contribution is 6.38. The standard InChI is InChI=1S/C24H21Cl2F4N3O3/c1-12-9-13(24(28,29)30)10-17-20(12)31-18(32(17)2)11-15-16(25)4-3-14(19(15)26)21(34)33-7-5-23(27,6-8-33)22(35)36/h3-4,9-10H,5-8,11H2,1-2H3,(H,35,36). The van der Waals surface area contributed by atoms with Gasteiger partial charge in [0.1, 0.15) is 5.82 Å². The normalized spacial score (nSPS) is 15.9. The number of hydrogen-bond donors (Lipinski definition) is 1. The Morgan fingerprint density at radius 1 is 1.17 bits per heavy atom. The summed E-state index contributed by atoms with van der Waals surface area (Å²) in [5.41, 5.74) is -1.65. The van der Waals surface area contributed by atoms with Crippen LogP contribution in [0.15, 0.2) is 24.3 Å². The van der Waals surface area contributed by atoms with Gasteiger partial charge in [0.05, 0.1) is 27.2 Å². The number of carboxylic acid groups (broad SMARTS) is 1. The number of aryl methyl sites for hydroxylation is 2. The van der Waals surface area contributed by atoms with Crippen molar-refractivity contribution in [1.29, 1.82) is 0 Å². The molecule has 36 heavy (non-hydrogen) atoms. The number of amides is 1. The van der Waals surface area contributed by atoms with Crippen molar-refractivity contribution >= 4 is 46.1 Å². The van der Waals surface area contributed by atoms with Gasteiger partial charge in [-0.15, -0.1) is 0 Å². The summed E-state index contributed by atoms with van der Waals surface area (Å²) in [4.78, 5) is 30.1. The first-order chi connectivity index (χ1) is 16.7. The van der Waals surface area contributed by atoms with E-state index in [0.717, 1.165) is 12.1 Å². The Labute approximate surface area is 213 Å². The Morgan fingerprint density at radius 2 is 1.81 bits per heavy atom. The first-order valence-electron chi connectivity index (χ1n) is 10.9. The molecule has 0 unspecified atom stereocenters. The number of benzene rings is 2. The van der Waals surface area contributed by atoms with Crippen LogP contribution in [0.5, 0.6) is 0 Å². The molecule has 1 amide bonds. The van der Waals surface area contributed by atoms with Gasteiger partial charge in [0.15, 0.2) is 0 Å². The molecular formula is C24H21Cl2F4N3O3. The molecule has 0 atom stereocenters. The minimum Gasteiger partial charge on any atom is -0.479 e. The lowest BCUT2D eigenvalue weighted by molar-refractivity contribution is -0.153. The molecule has 12 heteroatoms. The quantitative estimate of drug-likeness (QED) is 0.418. The van der Waals surface area contributed by atoms with Crippen LogP contribution < -0.4 is 0 Å². The van der Waals surface area contributed by atoms with Gasteiger partial charge in [-0.3, -0.25) is 4.79 Å². The summed E-state index contributed by atoms with van der Waals surface area (Å²) >= 11 is 12.9. The molecule has 2 heterocycles. The average molecular weight is 546 g/mol. The molecule has 3 aromatic rings. The molecule has 1 aliphatic rings. The van der Waals surface area contributed by atoms with E-state index in [4.69, 9.17) is 28.3 Å². The van der Waals surface area contributed by atoms with E-state index in [-0.39, 0.29) is 48.0 Å². The smallest absolute Gasteiger partial charge is 0.416 e. The van der Waals surface area contributed by atoms with Gasteiger partial charge < -0.3 is 14.6 Å². The summed E-state index contributed by atoms with van der Waals surface area (Å²) in [7, 11) is 1.58. The predicted octanol–water partition coefficient (Wildman–Crippen LogP) is 5.83. The molecule has 0 radical (unpaired) electrons. The minimum atomic E-state index is -4.51. The molecule has 0 aliphatic carbocycles. The number of carbonyl (C=O) groups is 2. The van der Waals surface area contributed by atoms with E-state index in [1.54, 1.807) is 14.0 Å². The Kier molecular flexibility index (Phi) is 6.72. The minimum absolute atomic E-state index is 0.0391. The lowest BCUT2D eigenvalue weighted by Crippen LogP contribution is -2.48. The summed E-state index contributed by atoms with van der Waals surface area (Å²) in [6.07, 6.45) is -5.15. The van der Waals surface area contributed by atoms with E-state index >= 15 is 0 Å². The Bertz CT molecular complexity index is 1380. The number of aromatic nitrogens is 2. The van der Waals surface area contributed by atoms with E-state index in [2.05, 4.69) is 4.98 Å². The number of likely N-dealkylation sites (tertiary alicyclic amines) is 1. The van der Waals surface area contributed by atoms with Crippen LogP contribution in [-0.2, 0) is 24.4 Å². The lowest BCUT2D eigenvalue weighted by Gasteiger charge is -2.34. The molecule has 1 fully saturated rings. The van der Waals surface area contributed by atoms with E-state index in [9.17, 15) is 27.2 Å². The van der Waals surface area contributed by atoms with E-state index in [1.807, 2.05) is 0 Å².